The molecule has 1 unspecified atom stereocenters. The summed E-state index contributed by atoms with van der Waals surface area (Å²) in [7, 11) is 5.10. The molecular formula is C22H34IN5O3S. The van der Waals surface area contributed by atoms with Crippen LogP contribution in [0.25, 0.3) is 0 Å². The summed E-state index contributed by atoms with van der Waals surface area (Å²) < 4.78 is 16.5. The zero-order valence-corrected chi connectivity index (χ0v) is 22.6. The van der Waals surface area contributed by atoms with Crippen molar-refractivity contribution in [3.05, 3.63) is 39.3 Å². The highest BCUT2D eigenvalue weighted by Crippen LogP contribution is 2.32. The van der Waals surface area contributed by atoms with E-state index in [4.69, 9.17) is 14.2 Å². The maximum absolute atomic E-state index is 5.56. The van der Waals surface area contributed by atoms with E-state index >= 15 is 0 Å². The predicted molar refractivity (Wildman–Crippen MR) is 140 cm³/mol. The van der Waals surface area contributed by atoms with Crippen LogP contribution in [0.3, 0.4) is 0 Å². The molecule has 8 nitrogen and oxygen atoms in total. The fourth-order valence-corrected chi connectivity index (χ4v) is 4.47. The summed E-state index contributed by atoms with van der Waals surface area (Å²) in [5, 5.41) is 7.92. The van der Waals surface area contributed by atoms with Crippen molar-refractivity contribution in [2.45, 2.75) is 26.4 Å². The molecule has 32 heavy (non-hydrogen) atoms. The van der Waals surface area contributed by atoms with E-state index in [2.05, 4.69) is 44.6 Å². The normalized spacial score (nSPS) is 15.6. The molecule has 0 bridgehead atoms. The molecule has 0 spiro atoms. The van der Waals surface area contributed by atoms with Gasteiger partial charge in [-0.05, 0) is 31.5 Å². The number of hydrogen-bond donors (Lipinski definition) is 2. The molecule has 2 heterocycles. The van der Waals surface area contributed by atoms with Gasteiger partial charge >= 0.3 is 0 Å². The third-order valence-corrected chi connectivity index (χ3v) is 6.52. The number of morpholine rings is 1. The Labute approximate surface area is 211 Å². The van der Waals surface area contributed by atoms with Crippen LogP contribution >= 0.6 is 35.3 Å². The number of aromatic nitrogens is 1. The molecule has 1 fully saturated rings. The number of hydrogen-bond acceptors (Lipinski definition) is 7. The first-order valence-corrected chi connectivity index (χ1v) is 11.3. The molecule has 3 rings (SSSR count). The Hall–Kier alpha value is -1.63. The van der Waals surface area contributed by atoms with Crippen molar-refractivity contribution >= 4 is 41.3 Å². The number of aliphatic imine (C=N–C) groups is 1. The van der Waals surface area contributed by atoms with E-state index in [0.717, 1.165) is 60.0 Å². The lowest BCUT2D eigenvalue weighted by molar-refractivity contribution is 0.0169. The van der Waals surface area contributed by atoms with Crippen molar-refractivity contribution in [3.8, 4) is 11.5 Å². The Balaban J connectivity index is 0.00000363. The molecule has 0 radical (unpaired) electrons. The van der Waals surface area contributed by atoms with E-state index in [1.165, 1.54) is 4.88 Å². The number of thiazole rings is 1. The molecule has 1 atom stereocenters. The van der Waals surface area contributed by atoms with Gasteiger partial charge in [-0.2, -0.15) is 0 Å². The largest absolute Gasteiger partial charge is 0.493 e. The van der Waals surface area contributed by atoms with E-state index in [9.17, 15) is 0 Å². The lowest BCUT2D eigenvalue weighted by Gasteiger charge is -2.35. The lowest BCUT2D eigenvalue weighted by Crippen LogP contribution is -2.46. The smallest absolute Gasteiger partial charge is 0.191 e. The molecule has 1 saturated heterocycles. The van der Waals surface area contributed by atoms with Crippen molar-refractivity contribution in [1.82, 2.24) is 20.5 Å². The topological polar surface area (TPSA) is 80.2 Å². The highest BCUT2D eigenvalue weighted by atomic mass is 127. The zero-order valence-electron chi connectivity index (χ0n) is 19.4. The number of aryl methyl sites for hydroxylation is 2. The van der Waals surface area contributed by atoms with E-state index in [-0.39, 0.29) is 30.0 Å². The first kappa shape index (κ1) is 26.6. The van der Waals surface area contributed by atoms with Gasteiger partial charge in [-0.3, -0.25) is 9.89 Å². The second-order valence-electron chi connectivity index (χ2n) is 7.33. The van der Waals surface area contributed by atoms with Crippen molar-refractivity contribution < 1.29 is 14.2 Å². The summed E-state index contributed by atoms with van der Waals surface area (Å²) in [5.74, 6) is 2.21. The maximum Gasteiger partial charge on any atom is 0.191 e. The Morgan fingerprint density at radius 2 is 1.91 bits per heavy atom. The van der Waals surface area contributed by atoms with Crippen LogP contribution in [0.15, 0.2) is 23.2 Å². The van der Waals surface area contributed by atoms with Crippen molar-refractivity contribution in [2.75, 3.05) is 54.1 Å². The monoisotopic (exact) mass is 575 g/mol. The van der Waals surface area contributed by atoms with Gasteiger partial charge in [0.15, 0.2) is 17.5 Å². The molecule has 2 N–H and O–H groups in total. The number of rotatable bonds is 8. The van der Waals surface area contributed by atoms with Crippen LogP contribution in [0.5, 0.6) is 11.5 Å². The number of guanidine groups is 1. The van der Waals surface area contributed by atoms with Gasteiger partial charge in [0, 0.05) is 31.6 Å². The molecule has 0 saturated carbocycles. The molecule has 0 amide bonds. The van der Waals surface area contributed by atoms with Gasteiger partial charge < -0.3 is 24.8 Å². The van der Waals surface area contributed by atoms with Crippen LogP contribution in [0.1, 0.15) is 27.2 Å². The highest BCUT2D eigenvalue weighted by molar-refractivity contribution is 14.0. The fraction of sp³-hybridized carbons (Fsp3) is 0.545. The predicted octanol–water partition coefficient (Wildman–Crippen LogP) is 3.13. The zero-order chi connectivity index (χ0) is 22.2. The molecule has 1 aromatic heterocycles. The van der Waals surface area contributed by atoms with E-state index in [1.54, 1.807) is 32.6 Å². The fourth-order valence-electron chi connectivity index (χ4n) is 3.60. The molecule has 0 aliphatic carbocycles. The molecule has 2 aromatic rings. The number of benzene rings is 1. The quantitative estimate of drug-likeness (QED) is 0.285. The minimum absolute atomic E-state index is 0. The summed E-state index contributed by atoms with van der Waals surface area (Å²) >= 11 is 1.71. The molecule has 10 heteroatoms. The standard InChI is InChI=1S/C22H33N5O3S.HI/c1-15-16(2)31-21(26-15)14-25-22(23-3)24-13-18(27-8-10-30-11-9-27)17-6-7-19(28-4)20(12-17)29-5;/h6-7,12,18H,8-11,13-14H2,1-5H3,(H2,23,24,25);1H. The Kier molecular flexibility index (Phi) is 11.0. The van der Waals surface area contributed by atoms with E-state index in [1.807, 2.05) is 13.0 Å². The number of methoxy groups -OCH3 is 2. The highest BCUT2D eigenvalue weighted by Gasteiger charge is 2.24. The first-order chi connectivity index (χ1) is 15.0. The summed E-state index contributed by atoms with van der Waals surface area (Å²) in [6.45, 7) is 8.72. The molecular weight excluding hydrogens is 541 g/mol. The van der Waals surface area contributed by atoms with Crippen molar-refractivity contribution in [2.24, 2.45) is 4.99 Å². The number of halogens is 1. The van der Waals surface area contributed by atoms with E-state index in [0.29, 0.717) is 13.1 Å². The Morgan fingerprint density at radius 1 is 1.19 bits per heavy atom. The number of nitrogens with one attached hydrogen (secondary N) is 2. The van der Waals surface area contributed by atoms with Gasteiger partial charge in [0.2, 0.25) is 0 Å². The summed E-state index contributed by atoms with van der Waals surface area (Å²) in [6.07, 6.45) is 0. The summed E-state index contributed by atoms with van der Waals surface area (Å²) in [6, 6.07) is 6.26. The van der Waals surface area contributed by atoms with Gasteiger partial charge in [0.05, 0.1) is 45.7 Å². The number of nitrogens with zero attached hydrogens (tertiary/aromatic N) is 3. The van der Waals surface area contributed by atoms with Gasteiger partial charge in [-0.1, -0.05) is 6.07 Å². The third kappa shape index (κ3) is 6.93. The van der Waals surface area contributed by atoms with Crippen LogP contribution in [0, 0.1) is 13.8 Å². The number of ether oxygens (including phenoxy) is 3. The average Bonchev–Trinajstić information content (AvgIpc) is 3.13. The van der Waals surface area contributed by atoms with Gasteiger partial charge in [0.25, 0.3) is 0 Å². The average molecular weight is 576 g/mol. The first-order valence-electron chi connectivity index (χ1n) is 10.5. The van der Waals surface area contributed by atoms with Crippen molar-refractivity contribution in [3.63, 3.8) is 0 Å². The molecule has 178 valence electrons. The SMILES string of the molecule is CN=C(NCc1nc(C)c(C)s1)NCC(c1ccc(OC)c(OC)c1)N1CCOCC1.I. The second kappa shape index (κ2) is 13.2. The minimum Gasteiger partial charge on any atom is -0.493 e. The molecule has 1 aromatic carbocycles. The van der Waals surface area contributed by atoms with Crippen LogP contribution in [-0.4, -0.2) is 70.0 Å². The van der Waals surface area contributed by atoms with Crippen LogP contribution in [0.2, 0.25) is 0 Å². The molecule has 1 aliphatic rings. The van der Waals surface area contributed by atoms with Crippen molar-refractivity contribution in [1.29, 1.82) is 0 Å². The minimum atomic E-state index is 0. The van der Waals surface area contributed by atoms with Crippen LogP contribution in [0.4, 0.5) is 0 Å². The Bertz CT molecular complexity index is 867. The lowest BCUT2D eigenvalue weighted by atomic mass is 10.0. The third-order valence-electron chi connectivity index (χ3n) is 5.45. The van der Waals surface area contributed by atoms with Gasteiger partial charge in [-0.15, -0.1) is 35.3 Å². The van der Waals surface area contributed by atoms with Crippen LogP contribution in [-0.2, 0) is 11.3 Å². The van der Waals surface area contributed by atoms with Crippen LogP contribution < -0.4 is 20.1 Å². The molecule has 1 aliphatic heterocycles. The Morgan fingerprint density at radius 3 is 2.50 bits per heavy atom. The maximum atomic E-state index is 5.56. The van der Waals surface area contributed by atoms with E-state index < -0.39 is 0 Å². The van der Waals surface area contributed by atoms with Gasteiger partial charge in [-0.25, -0.2) is 4.98 Å². The second-order valence-corrected chi connectivity index (χ2v) is 8.62. The summed E-state index contributed by atoms with van der Waals surface area (Å²) in [5.41, 5.74) is 2.25. The summed E-state index contributed by atoms with van der Waals surface area (Å²) in [4.78, 5) is 12.7. The van der Waals surface area contributed by atoms with Gasteiger partial charge in [0.1, 0.15) is 5.01 Å².